The van der Waals surface area contributed by atoms with Gasteiger partial charge in [-0.15, -0.1) is 0 Å². The zero-order valence-corrected chi connectivity index (χ0v) is 14.1. The third-order valence-electron chi connectivity index (χ3n) is 4.33. The molecule has 0 saturated carbocycles. The van der Waals surface area contributed by atoms with Crippen molar-refractivity contribution in [1.82, 2.24) is 4.90 Å². The molecular weight excluding hydrogens is 260 g/mol. The van der Waals surface area contributed by atoms with Gasteiger partial charge in [-0.3, -0.25) is 4.90 Å². The summed E-state index contributed by atoms with van der Waals surface area (Å²) in [5.74, 6) is 0.418. The van der Waals surface area contributed by atoms with E-state index in [1.54, 1.807) is 0 Å². The van der Waals surface area contributed by atoms with Crippen molar-refractivity contribution in [2.75, 3.05) is 19.6 Å². The Morgan fingerprint density at radius 3 is 2.10 bits per heavy atom. The zero-order chi connectivity index (χ0) is 15.7. The molecular formula is C18H30N2O. The molecule has 0 aromatic heterocycles. The van der Waals surface area contributed by atoms with Crippen LogP contribution in [0.3, 0.4) is 0 Å². The van der Waals surface area contributed by atoms with Gasteiger partial charge in [-0.05, 0) is 39.2 Å². The number of hydrogen-bond donors (Lipinski definition) is 1. The Kier molecular flexibility index (Phi) is 4.76. The molecule has 118 valence electrons. The third kappa shape index (κ3) is 4.06. The van der Waals surface area contributed by atoms with Crippen molar-refractivity contribution in [1.29, 1.82) is 0 Å². The average molecular weight is 290 g/mol. The van der Waals surface area contributed by atoms with Gasteiger partial charge >= 0.3 is 0 Å². The minimum Gasteiger partial charge on any atom is -0.367 e. The summed E-state index contributed by atoms with van der Waals surface area (Å²) >= 11 is 0. The fourth-order valence-electron chi connectivity index (χ4n) is 3.73. The molecule has 3 nitrogen and oxygen atoms in total. The van der Waals surface area contributed by atoms with E-state index in [1.807, 2.05) is 0 Å². The lowest BCUT2D eigenvalue weighted by molar-refractivity contribution is -0.188. The maximum atomic E-state index is 6.19. The fourth-order valence-corrected chi connectivity index (χ4v) is 3.73. The molecule has 2 N–H and O–H groups in total. The van der Waals surface area contributed by atoms with Crippen LogP contribution in [0.2, 0.25) is 0 Å². The number of nitrogens with two attached hydrogens (primary N) is 1. The van der Waals surface area contributed by atoms with Crippen molar-refractivity contribution >= 4 is 0 Å². The van der Waals surface area contributed by atoms with Gasteiger partial charge in [0.2, 0.25) is 0 Å². The summed E-state index contributed by atoms with van der Waals surface area (Å²) in [5, 5.41) is 0. The Morgan fingerprint density at radius 1 is 1.10 bits per heavy atom. The van der Waals surface area contributed by atoms with Gasteiger partial charge in [-0.25, -0.2) is 0 Å². The predicted octanol–water partition coefficient (Wildman–Crippen LogP) is 3.01. The second kappa shape index (κ2) is 6.07. The van der Waals surface area contributed by atoms with E-state index in [4.69, 9.17) is 10.5 Å². The first-order valence-electron chi connectivity index (χ1n) is 7.93. The van der Waals surface area contributed by atoms with Gasteiger partial charge in [-0.1, -0.05) is 37.3 Å². The molecule has 1 aromatic carbocycles. The quantitative estimate of drug-likeness (QED) is 0.926. The predicted molar refractivity (Wildman–Crippen MR) is 88.5 cm³/mol. The smallest absolute Gasteiger partial charge is 0.0760 e. The lowest BCUT2D eigenvalue weighted by Gasteiger charge is -2.50. The summed E-state index contributed by atoms with van der Waals surface area (Å²) in [6.45, 7) is 13.5. The first kappa shape index (κ1) is 16.5. The van der Waals surface area contributed by atoms with E-state index in [-0.39, 0.29) is 11.2 Å². The van der Waals surface area contributed by atoms with Crippen molar-refractivity contribution in [3.8, 4) is 0 Å². The molecule has 1 aliphatic heterocycles. The van der Waals surface area contributed by atoms with Crippen molar-refractivity contribution in [3.05, 3.63) is 35.9 Å². The van der Waals surface area contributed by atoms with E-state index in [1.165, 1.54) is 5.56 Å². The van der Waals surface area contributed by atoms with Crippen LogP contribution in [-0.2, 0) is 4.74 Å². The van der Waals surface area contributed by atoms with Crippen LogP contribution in [0.25, 0.3) is 0 Å². The van der Waals surface area contributed by atoms with Crippen molar-refractivity contribution < 1.29 is 4.74 Å². The molecule has 0 spiro atoms. The number of ether oxygens (including phenoxy) is 1. The standard InChI is InChI=1S/C18H30N2O/c1-14(15-9-7-6-8-10-15)16(11-19)20-12-17(2,3)21-18(4,5)13-20/h6-10,14,16H,11-13,19H2,1-5H3. The number of rotatable bonds is 4. The molecule has 1 fully saturated rings. The maximum Gasteiger partial charge on any atom is 0.0760 e. The first-order chi connectivity index (χ1) is 9.74. The first-order valence-corrected chi connectivity index (χ1v) is 7.93. The van der Waals surface area contributed by atoms with Crippen LogP contribution in [0.5, 0.6) is 0 Å². The van der Waals surface area contributed by atoms with E-state index in [0.29, 0.717) is 18.5 Å². The molecule has 2 rings (SSSR count). The molecule has 0 amide bonds. The van der Waals surface area contributed by atoms with Crippen LogP contribution in [-0.4, -0.2) is 41.8 Å². The molecule has 0 radical (unpaired) electrons. The van der Waals surface area contributed by atoms with Crippen LogP contribution < -0.4 is 5.73 Å². The van der Waals surface area contributed by atoms with Crippen molar-refractivity contribution in [3.63, 3.8) is 0 Å². The highest BCUT2D eigenvalue weighted by atomic mass is 16.5. The molecule has 1 heterocycles. The van der Waals surface area contributed by atoms with Gasteiger partial charge in [0.25, 0.3) is 0 Å². The highest BCUT2D eigenvalue weighted by Gasteiger charge is 2.41. The maximum absolute atomic E-state index is 6.19. The van der Waals surface area contributed by atoms with Gasteiger partial charge in [0, 0.05) is 25.7 Å². The number of nitrogens with zero attached hydrogens (tertiary/aromatic N) is 1. The Bertz CT molecular complexity index is 440. The Morgan fingerprint density at radius 2 is 1.62 bits per heavy atom. The molecule has 2 unspecified atom stereocenters. The van der Waals surface area contributed by atoms with E-state index < -0.39 is 0 Å². The largest absolute Gasteiger partial charge is 0.367 e. The average Bonchev–Trinajstić information content (AvgIpc) is 2.37. The van der Waals surface area contributed by atoms with Gasteiger partial charge in [0.1, 0.15) is 0 Å². The van der Waals surface area contributed by atoms with Crippen LogP contribution in [0.1, 0.15) is 46.1 Å². The molecule has 1 saturated heterocycles. The molecule has 2 atom stereocenters. The highest BCUT2D eigenvalue weighted by molar-refractivity contribution is 5.21. The third-order valence-corrected chi connectivity index (χ3v) is 4.33. The Hall–Kier alpha value is -0.900. The second-order valence-corrected chi connectivity index (χ2v) is 7.53. The molecule has 21 heavy (non-hydrogen) atoms. The highest BCUT2D eigenvalue weighted by Crippen LogP contribution is 2.32. The van der Waals surface area contributed by atoms with Gasteiger partial charge in [0.05, 0.1) is 11.2 Å². The Labute approximate surface area is 129 Å². The minimum atomic E-state index is -0.133. The van der Waals surface area contributed by atoms with Crippen LogP contribution in [0.4, 0.5) is 0 Å². The fraction of sp³-hybridized carbons (Fsp3) is 0.667. The minimum absolute atomic E-state index is 0.133. The van der Waals surface area contributed by atoms with Crippen molar-refractivity contribution in [2.24, 2.45) is 5.73 Å². The van der Waals surface area contributed by atoms with Gasteiger partial charge < -0.3 is 10.5 Å². The van der Waals surface area contributed by atoms with Crippen LogP contribution in [0, 0.1) is 0 Å². The van der Waals surface area contributed by atoms with Gasteiger partial charge in [-0.2, -0.15) is 0 Å². The normalized spacial score (nSPS) is 24.5. The lowest BCUT2D eigenvalue weighted by atomic mass is 9.89. The zero-order valence-electron chi connectivity index (χ0n) is 14.1. The van der Waals surface area contributed by atoms with E-state index in [2.05, 4.69) is 69.9 Å². The number of hydrogen-bond acceptors (Lipinski definition) is 3. The summed E-state index contributed by atoms with van der Waals surface area (Å²) in [6.07, 6.45) is 0. The summed E-state index contributed by atoms with van der Waals surface area (Å²) in [7, 11) is 0. The SMILES string of the molecule is CC(c1ccccc1)C(CN)N1CC(C)(C)OC(C)(C)C1. The monoisotopic (exact) mass is 290 g/mol. The molecule has 0 bridgehead atoms. The number of benzene rings is 1. The summed E-state index contributed by atoms with van der Waals surface area (Å²) < 4.78 is 6.19. The van der Waals surface area contributed by atoms with E-state index in [9.17, 15) is 0 Å². The molecule has 0 aliphatic carbocycles. The summed E-state index contributed by atoms with van der Waals surface area (Å²) in [6, 6.07) is 11.0. The van der Waals surface area contributed by atoms with Crippen molar-refractivity contribution in [2.45, 2.75) is 57.8 Å². The summed E-state index contributed by atoms with van der Waals surface area (Å²) in [4.78, 5) is 2.52. The van der Waals surface area contributed by atoms with Crippen LogP contribution in [0.15, 0.2) is 30.3 Å². The molecule has 1 aliphatic rings. The molecule has 3 heteroatoms. The van der Waals surface area contributed by atoms with E-state index >= 15 is 0 Å². The lowest BCUT2D eigenvalue weighted by Crippen LogP contribution is -2.61. The Balaban J connectivity index is 2.20. The topological polar surface area (TPSA) is 38.5 Å². The molecule has 1 aromatic rings. The van der Waals surface area contributed by atoms with Crippen LogP contribution >= 0.6 is 0 Å². The van der Waals surface area contributed by atoms with Gasteiger partial charge in [0.15, 0.2) is 0 Å². The van der Waals surface area contributed by atoms with E-state index in [0.717, 1.165) is 13.1 Å². The summed E-state index contributed by atoms with van der Waals surface area (Å²) in [5.41, 5.74) is 7.23. The number of morpholine rings is 1. The second-order valence-electron chi connectivity index (χ2n) is 7.53.